The second kappa shape index (κ2) is 6.38. The van der Waals surface area contributed by atoms with E-state index in [9.17, 15) is 0 Å². The summed E-state index contributed by atoms with van der Waals surface area (Å²) >= 11 is 0. The fourth-order valence-electron chi connectivity index (χ4n) is 3.84. The molecule has 18 heavy (non-hydrogen) atoms. The van der Waals surface area contributed by atoms with Crippen LogP contribution in [0.15, 0.2) is 0 Å². The third-order valence-electron chi connectivity index (χ3n) is 5.70. The predicted molar refractivity (Wildman–Crippen MR) is 78.8 cm³/mol. The van der Waals surface area contributed by atoms with Crippen LogP contribution in [0.5, 0.6) is 0 Å². The Balaban J connectivity index is 1.95. The van der Waals surface area contributed by atoms with Crippen LogP contribution < -0.4 is 5.32 Å². The normalized spacial score (nSPS) is 40.7. The van der Waals surface area contributed by atoms with Crippen LogP contribution >= 0.6 is 0 Å². The summed E-state index contributed by atoms with van der Waals surface area (Å²) in [6.07, 6.45) is 5.60. The molecule has 1 aliphatic carbocycles. The summed E-state index contributed by atoms with van der Waals surface area (Å²) in [6, 6.07) is 1.57. The molecular weight excluding hydrogens is 220 g/mol. The average molecular weight is 252 g/mol. The van der Waals surface area contributed by atoms with E-state index in [1.54, 1.807) is 0 Å². The van der Waals surface area contributed by atoms with Gasteiger partial charge >= 0.3 is 0 Å². The van der Waals surface area contributed by atoms with Crippen LogP contribution in [0.3, 0.4) is 0 Å². The third-order valence-corrected chi connectivity index (χ3v) is 5.70. The molecule has 5 atom stereocenters. The molecule has 0 spiro atoms. The largest absolute Gasteiger partial charge is 0.311 e. The van der Waals surface area contributed by atoms with E-state index in [4.69, 9.17) is 0 Å². The highest BCUT2D eigenvalue weighted by Gasteiger charge is 2.34. The molecule has 0 radical (unpaired) electrons. The second-order valence-corrected chi connectivity index (χ2v) is 6.78. The van der Waals surface area contributed by atoms with E-state index in [0.717, 1.165) is 23.8 Å². The Kier molecular flexibility index (Phi) is 5.08. The van der Waals surface area contributed by atoms with Crippen molar-refractivity contribution in [1.82, 2.24) is 10.2 Å². The molecule has 0 amide bonds. The molecule has 1 saturated heterocycles. The molecular formula is C16H32N2. The van der Waals surface area contributed by atoms with Crippen molar-refractivity contribution in [2.24, 2.45) is 17.8 Å². The summed E-state index contributed by atoms with van der Waals surface area (Å²) in [6.45, 7) is 13.4. The summed E-state index contributed by atoms with van der Waals surface area (Å²) < 4.78 is 0. The number of hydrogen-bond donors (Lipinski definition) is 1. The maximum atomic E-state index is 3.72. The first kappa shape index (κ1) is 14.3. The highest BCUT2D eigenvalue weighted by molar-refractivity contribution is 4.90. The van der Waals surface area contributed by atoms with Crippen molar-refractivity contribution >= 4 is 0 Å². The first-order chi connectivity index (χ1) is 8.63. The van der Waals surface area contributed by atoms with E-state index in [2.05, 4.69) is 37.9 Å². The van der Waals surface area contributed by atoms with E-state index in [1.807, 2.05) is 0 Å². The van der Waals surface area contributed by atoms with Crippen molar-refractivity contribution in [3.8, 4) is 0 Å². The first-order valence-electron chi connectivity index (χ1n) is 8.11. The van der Waals surface area contributed by atoms with Crippen LogP contribution in [-0.2, 0) is 0 Å². The number of piperazine rings is 1. The average Bonchev–Trinajstić information content (AvgIpc) is 2.41. The standard InChI is InChI=1S/C16H32N2/c1-5-12(2)15-11-18(10-9-17-15)16-8-6-7-13(3)14(16)4/h12-17H,5-11H2,1-4H3. The molecule has 0 aromatic rings. The molecule has 0 aromatic heterocycles. The highest BCUT2D eigenvalue weighted by Crippen LogP contribution is 2.33. The maximum Gasteiger partial charge on any atom is 0.0221 e. The van der Waals surface area contributed by atoms with Crippen LogP contribution in [0.1, 0.15) is 53.4 Å². The minimum Gasteiger partial charge on any atom is -0.311 e. The Morgan fingerprint density at radius 3 is 2.78 bits per heavy atom. The Hall–Kier alpha value is -0.0800. The SMILES string of the molecule is CCC(C)C1CN(C2CCCC(C)C2C)CCN1. The number of nitrogens with one attached hydrogen (secondary N) is 1. The molecule has 2 rings (SSSR count). The van der Waals surface area contributed by atoms with Gasteiger partial charge in [-0.15, -0.1) is 0 Å². The van der Waals surface area contributed by atoms with Crippen molar-refractivity contribution in [3.63, 3.8) is 0 Å². The lowest BCUT2D eigenvalue weighted by molar-refractivity contribution is 0.0487. The Morgan fingerprint density at radius 1 is 1.28 bits per heavy atom. The number of hydrogen-bond acceptors (Lipinski definition) is 2. The molecule has 1 aliphatic heterocycles. The lowest BCUT2D eigenvalue weighted by atomic mass is 9.77. The maximum absolute atomic E-state index is 3.72. The molecule has 1 heterocycles. The lowest BCUT2D eigenvalue weighted by Gasteiger charge is -2.46. The van der Waals surface area contributed by atoms with Crippen molar-refractivity contribution < 1.29 is 0 Å². The first-order valence-corrected chi connectivity index (χ1v) is 8.11. The molecule has 1 N–H and O–H groups in total. The van der Waals surface area contributed by atoms with Gasteiger partial charge < -0.3 is 5.32 Å². The summed E-state index contributed by atoms with van der Waals surface area (Å²) in [5.41, 5.74) is 0. The molecule has 2 nitrogen and oxygen atoms in total. The molecule has 0 bridgehead atoms. The van der Waals surface area contributed by atoms with E-state index < -0.39 is 0 Å². The second-order valence-electron chi connectivity index (χ2n) is 6.78. The molecule has 2 heteroatoms. The van der Waals surface area contributed by atoms with Gasteiger partial charge in [0.15, 0.2) is 0 Å². The minimum atomic E-state index is 0.716. The van der Waals surface area contributed by atoms with Gasteiger partial charge in [0, 0.05) is 31.7 Å². The highest BCUT2D eigenvalue weighted by atomic mass is 15.2. The summed E-state index contributed by atoms with van der Waals surface area (Å²) in [5.74, 6) is 2.61. The zero-order valence-electron chi connectivity index (χ0n) is 12.8. The quantitative estimate of drug-likeness (QED) is 0.830. The molecule has 5 unspecified atom stereocenters. The Labute approximate surface area is 114 Å². The van der Waals surface area contributed by atoms with Crippen molar-refractivity contribution in [3.05, 3.63) is 0 Å². The number of nitrogens with zero attached hydrogens (tertiary/aromatic N) is 1. The van der Waals surface area contributed by atoms with Crippen LogP contribution in [0.25, 0.3) is 0 Å². The van der Waals surface area contributed by atoms with Gasteiger partial charge in [0.25, 0.3) is 0 Å². The third kappa shape index (κ3) is 3.08. The Morgan fingerprint density at radius 2 is 2.06 bits per heavy atom. The van der Waals surface area contributed by atoms with Crippen molar-refractivity contribution in [2.75, 3.05) is 19.6 Å². The van der Waals surface area contributed by atoms with Gasteiger partial charge in [-0.3, -0.25) is 4.90 Å². The summed E-state index contributed by atoms with van der Waals surface area (Å²) in [4.78, 5) is 2.80. The topological polar surface area (TPSA) is 15.3 Å². The van der Waals surface area contributed by atoms with Crippen LogP contribution in [0, 0.1) is 17.8 Å². The lowest BCUT2D eigenvalue weighted by Crippen LogP contribution is -2.58. The van der Waals surface area contributed by atoms with Crippen LogP contribution in [0.4, 0.5) is 0 Å². The monoisotopic (exact) mass is 252 g/mol. The van der Waals surface area contributed by atoms with E-state index in [-0.39, 0.29) is 0 Å². The molecule has 106 valence electrons. The fraction of sp³-hybridized carbons (Fsp3) is 1.00. The van der Waals surface area contributed by atoms with Gasteiger partial charge in [-0.2, -0.15) is 0 Å². The van der Waals surface area contributed by atoms with E-state index in [0.29, 0.717) is 6.04 Å². The van der Waals surface area contributed by atoms with Crippen LogP contribution in [-0.4, -0.2) is 36.6 Å². The summed E-state index contributed by atoms with van der Waals surface area (Å²) in [5, 5.41) is 3.72. The minimum absolute atomic E-state index is 0.716. The van der Waals surface area contributed by atoms with Gasteiger partial charge in [-0.05, 0) is 24.2 Å². The van der Waals surface area contributed by atoms with Crippen molar-refractivity contribution in [1.29, 1.82) is 0 Å². The predicted octanol–water partition coefficient (Wildman–Crippen LogP) is 3.13. The van der Waals surface area contributed by atoms with E-state index >= 15 is 0 Å². The number of rotatable bonds is 3. The molecule has 1 saturated carbocycles. The molecule has 2 aliphatic rings. The van der Waals surface area contributed by atoms with Gasteiger partial charge in [0.1, 0.15) is 0 Å². The summed E-state index contributed by atoms with van der Waals surface area (Å²) in [7, 11) is 0. The van der Waals surface area contributed by atoms with Gasteiger partial charge in [-0.1, -0.05) is 47.0 Å². The fourth-order valence-corrected chi connectivity index (χ4v) is 3.84. The van der Waals surface area contributed by atoms with E-state index in [1.165, 1.54) is 45.3 Å². The smallest absolute Gasteiger partial charge is 0.0221 e. The van der Waals surface area contributed by atoms with Gasteiger partial charge in [0.2, 0.25) is 0 Å². The van der Waals surface area contributed by atoms with Gasteiger partial charge in [0.05, 0.1) is 0 Å². The zero-order chi connectivity index (χ0) is 13.1. The molecule has 0 aromatic carbocycles. The molecule has 2 fully saturated rings. The zero-order valence-corrected chi connectivity index (χ0v) is 12.8. The van der Waals surface area contributed by atoms with Crippen LogP contribution in [0.2, 0.25) is 0 Å². The van der Waals surface area contributed by atoms with Gasteiger partial charge in [-0.25, -0.2) is 0 Å². The Bertz CT molecular complexity index is 253. The van der Waals surface area contributed by atoms with Crippen molar-refractivity contribution in [2.45, 2.75) is 65.5 Å².